The quantitative estimate of drug-likeness (QED) is 0.801. The monoisotopic (exact) mass is 268 g/mol. The maximum absolute atomic E-state index is 6.17. The van der Waals surface area contributed by atoms with E-state index < -0.39 is 0 Å². The van der Waals surface area contributed by atoms with Gasteiger partial charge in [-0.1, -0.05) is 0 Å². The second kappa shape index (κ2) is 5.68. The highest BCUT2D eigenvalue weighted by Crippen LogP contribution is 2.38. The number of rotatable bonds is 5. The van der Waals surface area contributed by atoms with Crippen molar-refractivity contribution in [2.75, 3.05) is 54.4 Å². The first-order valence-electron chi connectivity index (χ1n) is 7.71. The molecule has 1 aliphatic heterocycles. The van der Waals surface area contributed by atoms with E-state index in [1.165, 1.54) is 38.6 Å². The molecule has 1 atom stereocenters. The van der Waals surface area contributed by atoms with Crippen molar-refractivity contribution in [2.45, 2.75) is 43.2 Å². The predicted octanol–water partition coefficient (Wildman–Crippen LogP) is 0.826. The Bertz CT molecular complexity index is 301. The smallest absolute Gasteiger partial charge is 0.0456 e. The van der Waals surface area contributed by atoms with Gasteiger partial charge in [0.05, 0.1) is 0 Å². The van der Waals surface area contributed by atoms with E-state index in [2.05, 4.69) is 42.9 Å². The Hall–Kier alpha value is -0.160. The lowest BCUT2D eigenvalue weighted by Gasteiger charge is -2.54. The number of hydrogen-bond acceptors (Lipinski definition) is 4. The minimum absolute atomic E-state index is 0.186. The molecule has 112 valence electrons. The van der Waals surface area contributed by atoms with Crippen LogP contribution in [0.1, 0.15) is 32.1 Å². The molecule has 2 N–H and O–H groups in total. The van der Waals surface area contributed by atoms with Crippen LogP contribution in [0.4, 0.5) is 0 Å². The van der Waals surface area contributed by atoms with E-state index in [1.54, 1.807) is 0 Å². The number of nitrogens with zero attached hydrogens (tertiary/aromatic N) is 3. The van der Waals surface area contributed by atoms with E-state index in [1.807, 2.05) is 0 Å². The van der Waals surface area contributed by atoms with Crippen molar-refractivity contribution >= 4 is 0 Å². The van der Waals surface area contributed by atoms with Crippen LogP contribution in [-0.2, 0) is 0 Å². The summed E-state index contributed by atoms with van der Waals surface area (Å²) in [5.41, 5.74) is 6.76. The number of likely N-dealkylation sites (N-methyl/N-ethyl adjacent to an activating group) is 3. The molecular formula is C15H32N4. The van der Waals surface area contributed by atoms with Crippen LogP contribution < -0.4 is 5.73 Å². The Labute approximate surface area is 118 Å². The molecular weight excluding hydrogens is 236 g/mol. The van der Waals surface area contributed by atoms with E-state index >= 15 is 0 Å². The zero-order valence-corrected chi connectivity index (χ0v) is 13.3. The summed E-state index contributed by atoms with van der Waals surface area (Å²) in [6.45, 7) is 4.26. The Morgan fingerprint density at radius 2 is 1.68 bits per heavy atom. The van der Waals surface area contributed by atoms with Crippen LogP contribution in [0, 0.1) is 0 Å². The third-order valence-corrected chi connectivity index (χ3v) is 5.70. The summed E-state index contributed by atoms with van der Waals surface area (Å²) in [5, 5.41) is 0. The van der Waals surface area contributed by atoms with Crippen LogP contribution in [0.25, 0.3) is 0 Å². The second-order valence-corrected chi connectivity index (χ2v) is 7.10. The molecule has 2 aliphatic rings. The van der Waals surface area contributed by atoms with Crippen molar-refractivity contribution in [1.82, 2.24) is 14.7 Å². The Balaban J connectivity index is 2.06. The molecule has 2 fully saturated rings. The fourth-order valence-corrected chi connectivity index (χ4v) is 3.91. The number of piperidine rings is 1. The largest absolute Gasteiger partial charge is 0.329 e. The van der Waals surface area contributed by atoms with E-state index in [0.717, 1.165) is 19.6 Å². The van der Waals surface area contributed by atoms with Gasteiger partial charge in [-0.2, -0.15) is 0 Å². The summed E-state index contributed by atoms with van der Waals surface area (Å²) in [7, 11) is 8.97. The lowest BCUT2D eigenvalue weighted by atomic mass is 9.74. The van der Waals surface area contributed by atoms with Crippen LogP contribution in [0.5, 0.6) is 0 Å². The van der Waals surface area contributed by atoms with Gasteiger partial charge >= 0.3 is 0 Å². The molecule has 19 heavy (non-hydrogen) atoms. The molecule has 0 bridgehead atoms. The number of likely N-dealkylation sites (tertiary alicyclic amines) is 1. The first-order chi connectivity index (χ1) is 8.94. The minimum atomic E-state index is 0.186. The van der Waals surface area contributed by atoms with Crippen molar-refractivity contribution < 1.29 is 0 Å². The van der Waals surface area contributed by atoms with Gasteiger partial charge in [0.15, 0.2) is 0 Å². The van der Waals surface area contributed by atoms with Crippen LogP contribution in [0.15, 0.2) is 0 Å². The molecule has 1 saturated carbocycles. The zero-order valence-electron chi connectivity index (χ0n) is 13.3. The molecule has 0 aromatic rings. The molecule has 1 heterocycles. The van der Waals surface area contributed by atoms with E-state index in [4.69, 9.17) is 5.73 Å². The van der Waals surface area contributed by atoms with Gasteiger partial charge in [0.1, 0.15) is 0 Å². The van der Waals surface area contributed by atoms with E-state index in [9.17, 15) is 0 Å². The average Bonchev–Trinajstić information content (AvgIpc) is 2.32. The molecule has 1 unspecified atom stereocenters. The molecule has 0 aromatic heterocycles. The van der Waals surface area contributed by atoms with Gasteiger partial charge in [0.2, 0.25) is 0 Å². The topological polar surface area (TPSA) is 35.7 Å². The maximum Gasteiger partial charge on any atom is 0.0456 e. The SMILES string of the molecule is CN1CCCC(CN)(N(C)CC2(N(C)C)CCC2)C1. The molecule has 0 spiro atoms. The summed E-state index contributed by atoms with van der Waals surface area (Å²) in [6.07, 6.45) is 6.56. The Morgan fingerprint density at radius 3 is 2.11 bits per heavy atom. The highest BCUT2D eigenvalue weighted by Gasteiger charge is 2.45. The fourth-order valence-electron chi connectivity index (χ4n) is 3.91. The molecule has 0 aromatic carbocycles. The Morgan fingerprint density at radius 1 is 1.05 bits per heavy atom. The standard InChI is InChI=1S/C15H32N4/c1-17(2)14(7-5-8-14)13-19(4)15(11-16)9-6-10-18(3)12-15/h5-13,16H2,1-4H3. The van der Waals surface area contributed by atoms with Gasteiger partial charge in [-0.15, -0.1) is 0 Å². The van der Waals surface area contributed by atoms with Gasteiger partial charge in [-0.25, -0.2) is 0 Å². The molecule has 0 amide bonds. The molecule has 4 heteroatoms. The van der Waals surface area contributed by atoms with Gasteiger partial charge in [0.25, 0.3) is 0 Å². The summed E-state index contributed by atoms with van der Waals surface area (Å²) in [5.74, 6) is 0. The van der Waals surface area contributed by atoms with E-state index in [0.29, 0.717) is 5.54 Å². The fraction of sp³-hybridized carbons (Fsp3) is 1.00. The highest BCUT2D eigenvalue weighted by molar-refractivity contribution is 5.03. The summed E-state index contributed by atoms with van der Waals surface area (Å²) in [4.78, 5) is 7.45. The van der Waals surface area contributed by atoms with Crippen LogP contribution in [-0.4, -0.2) is 80.1 Å². The van der Waals surface area contributed by atoms with Crippen molar-refractivity contribution in [1.29, 1.82) is 0 Å². The van der Waals surface area contributed by atoms with Crippen molar-refractivity contribution in [2.24, 2.45) is 5.73 Å². The summed E-state index contributed by atoms with van der Waals surface area (Å²) < 4.78 is 0. The van der Waals surface area contributed by atoms with Gasteiger partial charge in [-0.05, 0) is 66.8 Å². The van der Waals surface area contributed by atoms with Gasteiger partial charge < -0.3 is 15.5 Å². The normalized spacial score (nSPS) is 31.7. The third-order valence-electron chi connectivity index (χ3n) is 5.70. The lowest BCUT2D eigenvalue weighted by Crippen LogP contribution is -2.66. The zero-order chi connectivity index (χ0) is 14.1. The van der Waals surface area contributed by atoms with Crippen molar-refractivity contribution in [3.8, 4) is 0 Å². The predicted molar refractivity (Wildman–Crippen MR) is 81.4 cm³/mol. The molecule has 2 rings (SSSR count). The van der Waals surface area contributed by atoms with Crippen molar-refractivity contribution in [3.63, 3.8) is 0 Å². The highest BCUT2D eigenvalue weighted by atomic mass is 15.3. The molecule has 1 saturated heterocycles. The molecule has 0 radical (unpaired) electrons. The first kappa shape index (κ1) is 15.2. The second-order valence-electron chi connectivity index (χ2n) is 7.10. The number of hydrogen-bond donors (Lipinski definition) is 1. The van der Waals surface area contributed by atoms with Crippen LogP contribution >= 0.6 is 0 Å². The van der Waals surface area contributed by atoms with E-state index in [-0.39, 0.29) is 5.54 Å². The summed E-state index contributed by atoms with van der Waals surface area (Å²) in [6, 6.07) is 0. The average molecular weight is 268 g/mol. The van der Waals surface area contributed by atoms with Crippen LogP contribution in [0.3, 0.4) is 0 Å². The molecule has 1 aliphatic carbocycles. The lowest BCUT2D eigenvalue weighted by molar-refractivity contribution is -0.0288. The van der Waals surface area contributed by atoms with Crippen molar-refractivity contribution in [3.05, 3.63) is 0 Å². The first-order valence-corrected chi connectivity index (χ1v) is 7.71. The minimum Gasteiger partial charge on any atom is -0.329 e. The Kier molecular flexibility index (Phi) is 4.56. The third kappa shape index (κ3) is 2.82. The van der Waals surface area contributed by atoms with Crippen LogP contribution in [0.2, 0.25) is 0 Å². The van der Waals surface area contributed by atoms with Gasteiger partial charge in [-0.3, -0.25) is 4.90 Å². The maximum atomic E-state index is 6.17. The molecule has 4 nitrogen and oxygen atoms in total. The summed E-state index contributed by atoms with van der Waals surface area (Å²) >= 11 is 0. The number of nitrogens with two attached hydrogens (primary N) is 1. The van der Waals surface area contributed by atoms with Gasteiger partial charge in [0, 0.05) is 30.7 Å².